The number of aliphatic hydroxyl groups excluding tert-OH is 1. The molecule has 0 aliphatic carbocycles. The summed E-state index contributed by atoms with van der Waals surface area (Å²) in [4.78, 5) is 17.4. The van der Waals surface area contributed by atoms with Gasteiger partial charge in [0.1, 0.15) is 34.7 Å². The average molecular weight is 462 g/mol. The zero-order chi connectivity index (χ0) is 23.9. The molecule has 2 heterocycles. The fraction of sp³-hybridized carbons (Fsp3) is 0.217. The molecule has 1 amide bonds. The summed E-state index contributed by atoms with van der Waals surface area (Å²) in [5.41, 5.74) is -2.50. The largest absolute Gasteiger partial charge is 0.437 e. The smallest absolute Gasteiger partial charge is 0.231 e. The summed E-state index contributed by atoms with van der Waals surface area (Å²) in [5.74, 6) is -4.88. The van der Waals surface area contributed by atoms with Gasteiger partial charge in [-0.15, -0.1) is 0 Å². The molecule has 1 atom stereocenters. The highest BCUT2D eigenvalue weighted by Gasteiger charge is 2.34. The molecule has 0 fully saturated rings. The lowest BCUT2D eigenvalue weighted by molar-refractivity contribution is -0.118. The number of amides is 1. The van der Waals surface area contributed by atoms with E-state index in [2.05, 4.69) is 4.98 Å². The standard InChI is InChI=1S/C23H18F4N2O4/c1-23(32,11-30)22-28-19(21(33-22)14-7-6-13(24)9-17(14)27)12-5-8-18(31)29(10-12)20-15(25)3-2-4-16(20)26/h2-4,6-7,9-10,30,32H,5,8,11H2,1H3. The summed E-state index contributed by atoms with van der Waals surface area (Å²) < 4.78 is 62.2. The maximum atomic E-state index is 14.6. The number of aromatic nitrogens is 1. The number of rotatable bonds is 5. The third-order valence-electron chi connectivity index (χ3n) is 5.22. The lowest BCUT2D eigenvalue weighted by atomic mass is 9.99. The Balaban J connectivity index is 1.91. The molecule has 33 heavy (non-hydrogen) atoms. The van der Waals surface area contributed by atoms with Gasteiger partial charge in [-0.1, -0.05) is 6.07 Å². The molecule has 3 aromatic rings. The van der Waals surface area contributed by atoms with Crippen LogP contribution in [-0.2, 0) is 10.4 Å². The Morgan fingerprint density at radius 2 is 1.79 bits per heavy atom. The number of para-hydroxylation sites is 1. The predicted molar refractivity (Wildman–Crippen MR) is 110 cm³/mol. The predicted octanol–water partition coefficient (Wildman–Crippen LogP) is 4.27. The molecule has 0 saturated carbocycles. The van der Waals surface area contributed by atoms with Crippen molar-refractivity contribution in [2.24, 2.45) is 0 Å². The van der Waals surface area contributed by atoms with Crippen molar-refractivity contribution >= 4 is 17.2 Å². The van der Waals surface area contributed by atoms with Crippen LogP contribution in [0.2, 0.25) is 0 Å². The number of nitrogens with zero attached hydrogens (tertiary/aromatic N) is 2. The molecule has 1 aliphatic heterocycles. The third-order valence-corrected chi connectivity index (χ3v) is 5.22. The number of allylic oxidation sites excluding steroid dienone is 1. The van der Waals surface area contributed by atoms with Crippen LogP contribution in [0.4, 0.5) is 23.2 Å². The average Bonchev–Trinajstić information content (AvgIpc) is 3.21. The first kappa shape index (κ1) is 22.7. The monoisotopic (exact) mass is 462 g/mol. The van der Waals surface area contributed by atoms with Crippen LogP contribution >= 0.6 is 0 Å². The highest BCUT2D eigenvalue weighted by atomic mass is 19.1. The molecule has 1 aromatic heterocycles. The van der Waals surface area contributed by atoms with Gasteiger partial charge in [0.05, 0.1) is 12.2 Å². The minimum Gasteiger partial charge on any atom is -0.437 e. The minimum absolute atomic E-state index is 0.0292. The number of carbonyl (C=O) groups is 1. The summed E-state index contributed by atoms with van der Waals surface area (Å²) in [5, 5.41) is 19.9. The van der Waals surface area contributed by atoms with Gasteiger partial charge in [0.25, 0.3) is 0 Å². The SMILES string of the molecule is CC(O)(CO)c1nc(C2=CN(c3c(F)cccc3F)C(=O)CC2)c(-c2ccc(F)cc2F)o1. The maximum absolute atomic E-state index is 14.6. The number of benzene rings is 2. The number of oxazole rings is 1. The van der Waals surface area contributed by atoms with E-state index >= 15 is 0 Å². The Morgan fingerprint density at radius 3 is 2.42 bits per heavy atom. The summed E-state index contributed by atoms with van der Waals surface area (Å²) >= 11 is 0. The van der Waals surface area contributed by atoms with Gasteiger partial charge < -0.3 is 14.6 Å². The fourth-order valence-corrected chi connectivity index (χ4v) is 3.43. The van der Waals surface area contributed by atoms with Crippen molar-refractivity contribution in [3.63, 3.8) is 0 Å². The number of halogens is 4. The second kappa shape index (κ2) is 8.45. The normalized spacial score (nSPS) is 16.0. The van der Waals surface area contributed by atoms with Gasteiger partial charge in [0, 0.05) is 18.7 Å². The van der Waals surface area contributed by atoms with Gasteiger partial charge in [-0.05, 0) is 43.2 Å². The summed E-state index contributed by atoms with van der Waals surface area (Å²) in [6.07, 6.45) is 1.07. The Bertz CT molecular complexity index is 1250. The van der Waals surface area contributed by atoms with Crippen molar-refractivity contribution in [3.05, 3.63) is 77.5 Å². The van der Waals surface area contributed by atoms with E-state index < -0.39 is 47.1 Å². The Morgan fingerprint density at radius 1 is 1.09 bits per heavy atom. The first-order valence-electron chi connectivity index (χ1n) is 9.89. The van der Waals surface area contributed by atoms with Crippen molar-refractivity contribution in [2.75, 3.05) is 11.5 Å². The van der Waals surface area contributed by atoms with E-state index in [9.17, 15) is 32.6 Å². The molecule has 6 nitrogen and oxygen atoms in total. The first-order chi connectivity index (χ1) is 15.6. The molecule has 172 valence electrons. The number of hydrogen-bond donors (Lipinski definition) is 2. The fourth-order valence-electron chi connectivity index (χ4n) is 3.43. The van der Waals surface area contributed by atoms with Crippen LogP contribution in [-0.4, -0.2) is 27.7 Å². The highest BCUT2D eigenvalue weighted by molar-refractivity contribution is 6.00. The summed E-state index contributed by atoms with van der Waals surface area (Å²) in [6.45, 7) is 0.440. The van der Waals surface area contributed by atoms with E-state index in [1.165, 1.54) is 6.92 Å². The van der Waals surface area contributed by atoms with E-state index in [4.69, 9.17) is 4.42 Å². The molecule has 1 unspecified atom stereocenters. The highest BCUT2D eigenvalue weighted by Crippen LogP contribution is 2.39. The molecule has 1 aliphatic rings. The van der Waals surface area contributed by atoms with Crippen LogP contribution in [0.3, 0.4) is 0 Å². The molecule has 10 heteroatoms. The second-order valence-corrected chi connectivity index (χ2v) is 7.74. The van der Waals surface area contributed by atoms with Crippen LogP contribution in [0.15, 0.2) is 47.0 Å². The zero-order valence-electron chi connectivity index (χ0n) is 17.3. The second-order valence-electron chi connectivity index (χ2n) is 7.74. The lowest BCUT2D eigenvalue weighted by Crippen LogP contribution is -2.30. The van der Waals surface area contributed by atoms with Crippen molar-refractivity contribution < 1.29 is 37.0 Å². The molecule has 2 N–H and O–H groups in total. The quantitative estimate of drug-likeness (QED) is 0.554. The van der Waals surface area contributed by atoms with E-state index in [1.54, 1.807) is 0 Å². The van der Waals surface area contributed by atoms with E-state index in [-0.39, 0.29) is 41.3 Å². The molecule has 0 spiro atoms. The van der Waals surface area contributed by atoms with Crippen LogP contribution in [0.25, 0.3) is 16.9 Å². The van der Waals surface area contributed by atoms with Crippen LogP contribution < -0.4 is 4.90 Å². The topological polar surface area (TPSA) is 86.8 Å². The van der Waals surface area contributed by atoms with Crippen molar-refractivity contribution in [3.8, 4) is 11.3 Å². The van der Waals surface area contributed by atoms with Crippen LogP contribution in [0, 0.1) is 23.3 Å². The van der Waals surface area contributed by atoms with E-state index in [0.29, 0.717) is 6.07 Å². The summed E-state index contributed by atoms with van der Waals surface area (Å²) in [6, 6.07) is 5.89. The van der Waals surface area contributed by atoms with Gasteiger partial charge in [-0.2, -0.15) is 0 Å². The van der Waals surface area contributed by atoms with Gasteiger partial charge in [0.2, 0.25) is 11.8 Å². The molecule has 0 saturated heterocycles. The Labute approximate surface area is 185 Å². The molecular weight excluding hydrogens is 444 g/mol. The maximum Gasteiger partial charge on any atom is 0.231 e. The molecule has 0 radical (unpaired) electrons. The number of anilines is 1. The van der Waals surface area contributed by atoms with Gasteiger partial charge in [0.15, 0.2) is 11.4 Å². The van der Waals surface area contributed by atoms with Crippen molar-refractivity contribution in [1.82, 2.24) is 4.98 Å². The molecule has 4 rings (SSSR count). The van der Waals surface area contributed by atoms with Crippen LogP contribution in [0.5, 0.6) is 0 Å². The van der Waals surface area contributed by atoms with Crippen LogP contribution in [0.1, 0.15) is 31.4 Å². The van der Waals surface area contributed by atoms with Gasteiger partial charge in [-0.3, -0.25) is 9.69 Å². The number of aliphatic hydroxyl groups is 2. The van der Waals surface area contributed by atoms with Crippen molar-refractivity contribution in [1.29, 1.82) is 0 Å². The Kier molecular flexibility index (Phi) is 5.81. The van der Waals surface area contributed by atoms with Crippen molar-refractivity contribution in [2.45, 2.75) is 25.4 Å². The molecule has 2 aromatic carbocycles. The zero-order valence-corrected chi connectivity index (χ0v) is 17.3. The van der Waals surface area contributed by atoms with E-state index in [1.807, 2.05) is 0 Å². The minimum atomic E-state index is -1.94. The third kappa shape index (κ3) is 4.14. The molecular formula is C23H18F4N2O4. The number of hydrogen-bond acceptors (Lipinski definition) is 5. The summed E-state index contributed by atoms with van der Waals surface area (Å²) in [7, 11) is 0. The Hall–Kier alpha value is -3.50. The van der Waals surface area contributed by atoms with Gasteiger partial charge >= 0.3 is 0 Å². The first-order valence-corrected chi connectivity index (χ1v) is 9.89. The lowest BCUT2D eigenvalue weighted by Gasteiger charge is -2.25. The number of carbonyl (C=O) groups excluding carboxylic acids is 1. The van der Waals surface area contributed by atoms with E-state index in [0.717, 1.165) is 41.4 Å². The van der Waals surface area contributed by atoms with Gasteiger partial charge in [-0.25, -0.2) is 22.5 Å². The molecule has 0 bridgehead atoms.